The summed E-state index contributed by atoms with van der Waals surface area (Å²) >= 11 is 0. The molecule has 0 aliphatic carbocycles. The zero-order chi connectivity index (χ0) is 21.0. The van der Waals surface area contributed by atoms with Gasteiger partial charge in [-0.05, 0) is 18.1 Å². The summed E-state index contributed by atoms with van der Waals surface area (Å²) in [6.07, 6.45) is 0.392. The molecule has 0 aromatic heterocycles. The summed E-state index contributed by atoms with van der Waals surface area (Å²) in [7, 11) is 3.21. The Labute approximate surface area is 170 Å². The van der Waals surface area contributed by atoms with E-state index in [0.717, 1.165) is 10.5 Å². The first-order valence-electron chi connectivity index (χ1n) is 9.48. The number of likely N-dealkylation sites (N-methyl/N-ethyl adjacent to an activating group) is 1. The molecule has 1 saturated heterocycles. The highest BCUT2D eigenvalue weighted by Gasteiger charge is 2.51. The van der Waals surface area contributed by atoms with Crippen molar-refractivity contribution in [3.05, 3.63) is 65.7 Å². The SMILES string of the molecule is CC[C@@]1(c2ccccc2)NC(=O)N(CC(=O)N(C)Cc2ccccc2OC)C1=O. The molecule has 1 N–H and O–H groups in total. The van der Waals surface area contributed by atoms with Gasteiger partial charge < -0.3 is 15.0 Å². The lowest BCUT2D eigenvalue weighted by Gasteiger charge is -2.26. The van der Waals surface area contributed by atoms with Gasteiger partial charge in [-0.2, -0.15) is 0 Å². The van der Waals surface area contributed by atoms with Gasteiger partial charge in [-0.1, -0.05) is 55.5 Å². The predicted molar refractivity (Wildman–Crippen MR) is 108 cm³/mol. The molecule has 29 heavy (non-hydrogen) atoms. The van der Waals surface area contributed by atoms with Gasteiger partial charge in [-0.25, -0.2) is 4.79 Å². The monoisotopic (exact) mass is 395 g/mol. The van der Waals surface area contributed by atoms with Gasteiger partial charge in [0.2, 0.25) is 5.91 Å². The maximum atomic E-state index is 13.1. The number of ether oxygens (including phenoxy) is 1. The molecule has 3 rings (SSSR count). The van der Waals surface area contributed by atoms with E-state index in [1.807, 2.05) is 49.4 Å². The van der Waals surface area contributed by atoms with E-state index >= 15 is 0 Å². The zero-order valence-corrected chi connectivity index (χ0v) is 16.8. The average molecular weight is 395 g/mol. The van der Waals surface area contributed by atoms with Crippen LogP contribution >= 0.6 is 0 Å². The molecule has 1 heterocycles. The normalized spacial score (nSPS) is 18.5. The molecule has 1 atom stereocenters. The third-order valence-electron chi connectivity index (χ3n) is 5.29. The van der Waals surface area contributed by atoms with E-state index in [1.54, 1.807) is 26.3 Å². The van der Waals surface area contributed by atoms with Gasteiger partial charge in [0.05, 0.1) is 7.11 Å². The molecule has 0 saturated carbocycles. The smallest absolute Gasteiger partial charge is 0.325 e. The fraction of sp³-hybridized carbons (Fsp3) is 0.318. The highest BCUT2D eigenvalue weighted by molar-refractivity contribution is 6.09. The van der Waals surface area contributed by atoms with Crippen LogP contribution in [0.25, 0.3) is 0 Å². The first kappa shape index (κ1) is 20.4. The first-order chi connectivity index (χ1) is 13.9. The fourth-order valence-corrected chi connectivity index (χ4v) is 3.57. The van der Waals surface area contributed by atoms with Crippen molar-refractivity contribution in [1.29, 1.82) is 0 Å². The van der Waals surface area contributed by atoms with Crippen LogP contribution in [0.4, 0.5) is 4.79 Å². The topological polar surface area (TPSA) is 79.0 Å². The lowest BCUT2D eigenvalue weighted by Crippen LogP contribution is -2.45. The van der Waals surface area contributed by atoms with Crippen molar-refractivity contribution in [3.8, 4) is 5.75 Å². The Hall–Kier alpha value is -3.35. The molecule has 0 spiro atoms. The van der Waals surface area contributed by atoms with Crippen LogP contribution in [0.1, 0.15) is 24.5 Å². The number of methoxy groups -OCH3 is 1. The summed E-state index contributed by atoms with van der Waals surface area (Å²) in [6.45, 7) is 1.83. The molecule has 7 nitrogen and oxygen atoms in total. The molecule has 7 heteroatoms. The van der Waals surface area contributed by atoms with Gasteiger partial charge in [-0.3, -0.25) is 14.5 Å². The number of carbonyl (C=O) groups excluding carboxylic acids is 3. The van der Waals surface area contributed by atoms with Gasteiger partial charge in [0.1, 0.15) is 17.8 Å². The van der Waals surface area contributed by atoms with Gasteiger partial charge in [0.15, 0.2) is 0 Å². The minimum atomic E-state index is -1.14. The van der Waals surface area contributed by atoms with E-state index in [1.165, 1.54) is 4.90 Å². The van der Waals surface area contributed by atoms with Crippen molar-refractivity contribution < 1.29 is 19.1 Å². The van der Waals surface area contributed by atoms with Crippen LogP contribution in [-0.4, -0.2) is 48.3 Å². The Morgan fingerprint density at radius 2 is 1.76 bits per heavy atom. The van der Waals surface area contributed by atoms with Crippen LogP contribution in [0.2, 0.25) is 0 Å². The maximum absolute atomic E-state index is 13.1. The number of benzene rings is 2. The Morgan fingerprint density at radius 3 is 2.41 bits per heavy atom. The van der Waals surface area contributed by atoms with Gasteiger partial charge in [0, 0.05) is 19.2 Å². The second-order valence-corrected chi connectivity index (χ2v) is 7.01. The summed E-state index contributed by atoms with van der Waals surface area (Å²) in [6, 6.07) is 16.0. The van der Waals surface area contributed by atoms with Gasteiger partial charge in [-0.15, -0.1) is 0 Å². The van der Waals surface area contributed by atoms with Crippen LogP contribution in [0.3, 0.4) is 0 Å². The quantitative estimate of drug-likeness (QED) is 0.731. The number of urea groups is 1. The third kappa shape index (κ3) is 3.81. The molecule has 0 radical (unpaired) electrons. The van der Waals surface area contributed by atoms with Crippen molar-refractivity contribution >= 4 is 17.8 Å². The summed E-state index contributed by atoms with van der Waals surface area (Å²) in [5.41, 5.74) is 0.410. The summed E-state index contributed by atoms with van der Waals surface area (Å²) < 4.78 is 5.32. The predicted octanol–water partition coefficient (Wildman–Crippen LogP) is 2.51. The van der Waals surface area contributed by atoms with E-state index in [4.69, 9.17) is 4.74 Å². The molecule has 2 aromatic rings. The van der Waals surface area contributed by atoms with Crippen LogP contribution in [-0.2, 0) is 21.7 Å². The largest absolute Gasteiger partial charge is 0.496 e. The molecule has 0 bridgehead atoms. The van der Waals surface area contributed by atoms with Crippen molar-refractivity contribution in [2.45, 2.75) is 25.4 Å². The number of hydrogen-bond donors (Lipinski definition) is 1. The molecule has 1 fully saturated rings. The van der Waals surface area contributed by atoms with E-state index in [2.05, 4.69) is 5.32 Å². The van der Waals surface area contributed by atoms with E-state index in [9.17, 15) is 14.4 Å². The number of nitrogens with zero attached hydrogens (tertiary/aromatic N) is 2. The number of imide groups is 1. The average Bonchev–Trinajstić information content (AvgIpc) is 2.99. The molecule has 152 valence electrons. The summed E-state index contributed by atoms with van der Waals surface area (Å²) in [4.78, 5) is 40.9. The zero-order valence-electron chi connectivity index (χ0n) is 16.8. The molecule has 0 unspecified atom stereocenters. The Bertz CT molecular complexity index is 915. The van der Waals surface area contributed by atoms with Gasteiger partial charge >= 0.3 is 6.03 Å². The Morgan fingerprint density at radius 1 is 1.10 bits per heavy atom. The van der Waals surface area contributed by atoms with Crippen LogP contribution < -0.4 is 10.1 Å². The lowest BCUT2D eigenvalue weighted by molar-refractivity contribution is -0.138. The third-order valence-corrected chi connectivity index (χ3v) is 5.29. The number of para-hydroxylation sites is 1. The van der Waals surface area contributed by atoms with Crippen molar-refractivity contribution in [3.63, 3.8) is 0 Å². The van der Waals surface area contributed by atoms with Crippen molar-refractivity contribution in [2.75, 3.05) is 20.7 Å². The Balaban J connectivity index is 1.75. The number of rotatable bonds is 7. The lowest BCUT2D eigenvalue weighted by atomic mass is 9.87. The summed E-state index contributed by atoms with van der Waals surface area (Å²) in [5.74, 6) is -0.0640. The molecule has 1 aliphatic rings. The first-order valence-corrected chi connectivity index (χ1v) is 9.48. The fourth-order valence-electron chi connectivity index (χ4n) is 3.57. The van der Waals surface area contributed by atoms with E-state index < -0.39 is 17.5 Å². The van der Waals surface area contributed by atoms with Gasteiger partial charge in [0.25, 0.3) is 5.91 Å². The highest BCUT2D eigenvalue weighted by atomic mass is 16.5. The van der Waals surface area contributed by atoms with Crippen LogP contribution in [0.15, 0.2) is 54.6 Å². The summed E-state index contributed by atoms with van der Waals surface area (Å²) in [5, 5.41) is 2.79. The number of hydrogen-bond acceptors (Lipinski definition) is 4. The van der Waals surface area contributed by atoms with Crippen molar-refractivity contribution in [1.82, 2.24) is 15.1 Å². The van der Waals surface area contributed by atoms with E-state index in [0.29, 0.717) is 24.3 Å². The minimum Gasteiger partial charge on any atom is -0.496 e. The molecule has 2 aromatic carbocycles. The van der Waals surface area contributed by atoms with E-state index in [-0.39, 0.29) is 12.5 Å². The number of amides is 4. The molecule has 1 aliphatic heterocycles. The Kier molecular flexibility index (Phi) is 5.87. The molecule has 4 amide bonds. The van der Waals surface area contributed by atoms with Crippen molar-refractivity contribution in [2.24, 2.45) is 0 Å². The number of carbonyl (C=O) groups is 3. The highest BCUT2D eigenvalue weighted by Crippen LogP contribution is 2.32. The maximum Gasteiger partial charge on any atom is 0.325 e. The second kappa shape index (κ2) is 8.34. The molecular formula is C22H25N3O4. The number of nitrogens with one attached hydrogen (secondary N) is 1. The van der Waals surface area contributed by atoms with Crippen LogP contribution in [0, 0.1) is 0 Å². The van der Waals surface area contributed by atoms with Crippen LogP contribution in [0.5, 0.6) is 5.75 Å². The standard InChI is InChI=1S/C22H25N3O4/c1-4-22(17-11-6-5-7-12-17)20(27)25(21(28)23-22)15-19(26)24(2)14-16-10-8-9-13-18(16)29-3/h5-13H,4,14-15H2,1-3H3,(H,23,28)/t22-/m0/s1. The second-order valence-electron chi connectivity index (χ2n) is 7.01. The minimum absolute atomic E-state index is 0.310. The molecular weight excluding hydrogens is 370 g/mol.